The van der Waals surface area contributed by atoms with Crippen LogP contribution in [0, 0.1) is 0 Å². The molecule has 4 rings (SSSR count). The summed E-state index contributed by atoms with van der Waals surface area (Å²) >= 11 is 0. The van der Waals surface area contributed by atoms with Gasteiger partial charge in [0.05, 0.1) is 0 Å². The number of likely N-dealkylation sites (N-methyl/N-ethyl adjacent to an activating group) is 1. The van der Waals surface area contributed by atoms with Crippen molar-refractivity contribution in [2.24, 2.45) is 0 Å². The van der Waals surface area contributed by atoms with Crippen LogP contribution in [-0.2, 0) is 14.3 Å². The molecule has 2 N–H and O–H groups in total. The van der Waals surface area contributed by atoms with E-state index in [4.69, 9.17) is 4.74 Å². The number of amides is 2. The molecule has 2 amide bonds. The highest BCUT2D eigenvalue weighted by Gasteiger charge is 2.45. The van der Waals surface area contributed by atoms with Crippen molar-refractivity contribution in [2.45, 2.75) is 56.5 Å². The molecule has 1 saturated carbocycles. The molecule has 0 saturated heterocycles. The third-order valence-corrected chi connectivity index (χ3v) is 7.06. The Kier molecular flexibility index (Phi) is 6.40. The van der Waals surface area contributed by atoms with Crippen LogP contribution < -0.4 is 5.32 Å². The maximum Gasteiger partial charge on any atom is 0.408 e. The number of ether oxygens (including phenoxy) is 1. The quantitative estimate of drug-likeness (QED) is 0.689. The molecule has 2 aliphatic carbocycles. The predicted molar refractivity (Wildman–Crippen MR) is 124 cm³/mol. The summed E-state index contributed by atoms with van der Waals surface area (Å²) in [7, 11) is 1.47. The Balaban J connectivity index is 1.49. The number of hydrogen-bond acceptors (Lipinski definition) is 4. The normalized spacial score (nSPS) is 17.4. The SMILES string of the molecule is CC(C(=O)O)N(C)C(=O)C1(NC(=O)OCC2c3ccccc3-c3ccccc32)CCCCC1. The first-order valence-electron chi connectivity index (χ1n) is 11.5. The van der Waals surface area contributed by atoms with E-state index in [1.165, 1.54) is 18.9 Å². The molecule has 1 atom stereocenters. The van der Waals surface area contributed by atoms with Crippen LogP contribution in [0.3, 0.4) is 0 Å². The molecule has 0 bridgehead atoms. The van der Waals surface area contributed by atoms with Crippen LogP contribution in [0.1, 0.15) is 56.1 Å². The predicted octanol–water partition coefficient (Wildman–Crippen LogP) is 4.16. The number of carbonyl (C=O) groups is 3. The van der Waals surface area contributed by atoms with Gasteiger partial charge >= 0.3 is 12.1 Å². The summed E-state index contributed by atoms with van der Waals surface area (Å²) in [6.07, 6.45) is 2.82. The van der Waals surface area contributed by atoms with Gasteiger partial charge in [0.2, 0.25) is 5.91 Å². The number of alkyl carbamates (subject to hydrolysis) is 1. The molecule has 0 aliphatic heterocycles. The molecule has 0 spiro atoms. The average molecular weight is 451 g/mol. The first kappa shape index (κ1) is 22.8. The molecule has 7 heteroatoms. The summed E-state index contributed by atoms with van der Waals surface area (Å²) in [5.41, 5.74) is 3.38. The Morgan fingerprint density at radius 3 is 2.12 bits per heavy atom. The van der Waals surface area contributed by atoms with Crippen LogP contribution in [0.5, 0.6) is 0 Å². The van der Waals surface area contributed by atoms with E-state index in [2.05, 4.69) is 29.6 Å². The number of nitrogens with one attached hydrogen (secondary N) is 1. The zero-order chi connectivity index (χ0) is 23.6. The highest BCUT2D eigenvalue weighted by atomic mass is 16.5. The van der Waals surface area contributed by atoms with E-state index in [-0.39, 0.29) is 18.4 Å². The van der Waals surface area contributed by atoms with E-state index in [1.807, 2.05) is 24.3 Å². The molecule has 33 heavy (non-hydrogen) atoms. The van der Waals surface area contributed by atoms with Gasteiger partial charge in [0, 0.05) is 13.0 Å². The van der Waals surface area contributed by atoms with Gasteiger partial charge in [0.1, 0.15) is 18.2 Å². The average Bonchev–Trinajstić information content (AvgIpc) is 3.15. The maximum atomic E-state index is 13.3. The highest BCUT2D eigenvalue weighted by Crippen LogP contribution is 2.44. The summed E-state index contributed by atoms with van der Waals surface area (Å²) < 4.78 is 5.67. The fourth-order valence-corrected chi connectivity index (χ4v) is 5.06. The molecule has 1 unspecified atom stereocenters. The topological polar surface area (TPSA) is 95.9 Å². The van der Waals surface area contributed by atoms with Gasteiger partial charge in [-0.25, -0.2) is 9.59 Å². The second kappa shape index (κ2) is 9.25. The zero-order valence-electron chi connectivity index (χ0n) is 19.0. The van der Waals surface area contributed by atoms with Gasteiger partial charge in [-0.1, -0.05) is 67.8 Å². The Hall–Kier alpha value is -3.35. The smallest absolute Gasteiger partial charge is 0.408 e. The molecule has 2 aromatic carbocycles. The van der Waals surface area contributed by atoms with Crippen molar-refractivity contribution < 1.29 is 24.2 Å². The van der Waals surface area contributed by atoms with Crippen LogP contribution in [0.4, 0.5) is 4.79 Å². The third-order valence-electron chi connectivity index (χ3n) is 7.06. The van der Waals surface area contributed by atoms with Crippen LogP contribution >= 0.6 is 0 Å². The Morgan fingerprint density at radius 1 is 1.03 bits per heavy atom. The number of benzene rings is 2. The summed E-state index contributed by atoms with van der Waals surface area (Å²) in [5.74, 6) is -1.54. The fraction of sp³-hybridized carbons (Fsp3) is 0.423. The number of carboxylic acid groups (broad SMARTS) is 1. The van der Waals surface area contributed by atoms with Crippen LogP contribution in [0.2, 0.25) is 0 Å². The lowest BCUT2D eigenvalue weighted by atomic mass is 9.80. The van der Waals surface area contributed by atoms with Gasteiger partial charge in [-0.15, -0.1) is 0 Å². The van der Waals surface area contributed by atoms with Crippen molar-refractivity contribution in [1.29, 1.82) is 0 Å². The molecular weight excluding hydrogens is 420 g/mol. The largest absolute Gasteiger partial charge is 0.480 e. The molecular formula is C26H30N2O5. The van der Waals surface area contributed by atoms with Gasteiger partial charge in [0.15, 0.2) is 0 Å². The first-order chi connectivity index (χ1) is 15.8. The van der Waals surface area contributed by atoms with E-state index in [0.717, 1.165) is 41.5 Å². The lowest BCUT2D eigenvalue weighted by Gasteiger charge is -2.39. The van der Waals surface area contributed by atoms with Gasteiger partial charge in [0.25, 0.3) is 0 Å². The first-order valence-corrected chi connectivity index (χ1v) is 11.5. The van der Waals surface area contributed by atoms with E-state index < -0.39 is 23.6 Å². The highest BCUT2D eigenvalue weighted by molar-refractivity contribution is 5.92. The lowest BCUT2D eigenvalue weighted by Crippen LogP contribution is -2.62. The number of hydrogen-bond donors (Lipinski definition) is 2. The van der Waals surface area contributed by atoms with E-state index in [1.54, 1.807) is 0 Å². The second-order valence-electron chi connectivity index (χ2n) is 9.02. The molecule has 174 valence electrons. The maximum absolute atomic E-state index is 13.3. The summed E-state index contributed by atoms with van der Waals surface area (Å²) in [6, 6.07) is 15.2. The van der Waals surface area contributed by atoms with Crippen molar-refractivity contribution in [1.82, 2.24) is 10.2 Å². The standard InChI is InChI=1S/C26H30N2O5/c1-17(23(29)30)28(2)24(31)26(14-8-3-9-15-26)27-25(32)33-16-22-20-12-6-4-10-18(20)19-11-5-7-13-21(19)22/h4-7,10-13,17,22H,3,8-9,14-16H2,1-2H3,(H,27,32)(H,29,30). The second-order valence-corrected chi connectivity index (χ2v) is 9.02. The van der Waals surface area contributed by atoms with Crippen molar-refractivity contribution in [2.75, 3.05) is 13.7 Å². The third kappa shape index (κ3) is 4.32. The van der Waals surface area contributed by atoms with Crippen molar-refractivity contribution in [3.63, 3.8) is 0 Å². The number of nitrogens with zero attached hydrogens (tertiary/aromatic N) is 1. The van der Waals surface area contributed by atoms with Gasteiger partial charge < -0.3 is 20.1 Å². The fourth-order valence-electron chi connectivity index (χ4n) is 5.06. The molecule has 7 nitrogen and oxygen atoms in total. The van der Waals surface area contributed by atoms with Gasteiger partial charge in [-0.3, -0.25) is 4.79 Å². The van der Waals surface area contributed by atoms with E-state index in [9.17, 15) is 19.5 Å². The molecule has 0 radical (unpaired) electrons. The van der Waals surface area contributed by atoms with E-state index in [0.29, 0.717) is 12.8 Å². The van der Waals surface area contributed by atoms with Gasteiger partial charge in [-0.05, 0) is 42.0 Å². The van der Waals surface area contributed by atoms with Crippen LogP contribution in [0.25, 0.3) is 11.1 Å². The molecule has 1 fully saturated rings. The van der Waals surface area contributed by atoms with Crippen molar-refractivity contribution in [3.05, 3.63) is 59.7 Å². The number of carbonyl (C=O) groups excluding carboxylic acids is 2. The number of carboxylic acids is 1. The Bertz CT molecular complexity index is 1010. The Morgan fingerprint density at radius 2 is 1.58 bits per heavy atom. The monoisotopic (exact) mass is 450 g/mol. The number of fused-ring (bicyclic) bond motifs is 3. The summed E-state index contributed by atoms with van der Waals surface area (Å²) in [5, 5.41) is 12.2. The number of aliphatic carboxylic acids is 1. The zero-order valence-corrected chi connectivity index (χ0v) is 19.0. The molecule has 0 heterocycles. The summed E-state index contributed by atoms with van der Waals surface area (Å²) in [4.78, 5) is 38.8. The Labute approximate surface area is 193 Å². The van der Waals surface area contributed by atoms with Crippen molar-refractivity contribution in [3.8, 4) is 11.1 Å². The van der Waals surface area contributed by atoms with E-state index >= 15 is 0 Å². The van der Waals surface area contributed by atoms with Crippen LogP contribution in [-0.4, -0.2) is 53.2 Å². The minimum absolute atomic E-state index is 0.0733. The minimum atomic E-state index is -1.14. The van der Waals surface area contributed by atoms with Crippen LogP contribution in [0.15, 0.2) is 48.5 Å². The lowest BCUT2D eigenvalue weighted by molar-refractivity contribution is -0.151. The molecule has 2 aliphatic rings. The van der Waals surface area contributed by atoms with Crippen molar-refractivity contribution >= 4 is 18.0 Å². The summed E-state index contributed by atoms with van der Waals surface area (Å²) in [6.45, 7) is 1.62. The molecule has 2 aromatic rings. The molecule has 0 aromatic heterocycles. The van der Waals surface area contributed by atoms with Gasteiger partial charge in [-0.2, -0.15) is 0 Å². The minimum Gasteiger partial charge on any atom is -0.480 e. The number of rotatable bonds is 6.